The Balaban J connectivity index is 1.99. The maximum Gasteiger partial charge on any atom is 0.238 e. The fourth-order valence-corrected chi connectivity index (χ4v) is 2.68. The van der Waals surface area contributed by atoms with Crippen molar-refractivity contribution >= 4 is 11.5 Å². The van der Waals surface area contributed by atoms with Crippen molar-refractivity contribution in [3.05, 3.63) is 12.1 Å². The summed E-state index contributed by atoms with van der Waals surface area (Å²) in [6, 6.07) is 4.20. The van der Waals surface area contributed by atoms with E-state index in [1.807, 2.05) is 12.1 Å². The highest BCUT2D eigenvalue weighted by Gasteiger charge is 2.20. The maximum absolute atomic E-state index is 5.76. The third-order valence-electron chi connectivity index (χ3n) is 3.82. The average Bonchev–Trinajstić information content (AvgIpc) is 2.42. The van der Waals surface area contributed by atoms with Crippen molar-refractivity contribution in [1.82, 2.24) is 4.98 Å². The standard InChI is InChI=1S/C14H23N3O/c1-10(11-6-4-3-5-7-11)16-13-9-8-12(15)14(17-13)18-2/h8-11H,3-7,15H2,1-2H3,(H,16,17). The average molecular weight is 249 g/mol. The highest BCUT2D eigenvalue weighted by Crippen LogP contribution is 2.28. The Kier molecular flexibility index (Phi) is 4.28. The molecule has 0 spiro atoms. The van der Waals surface area contributed by atoms with Gasteiger partial charge in [0.2, 0.25) is 5.88 Å². The largest absolute Gasteiger partial charge is 0.479 e. The van der Waals surface area contributed by atoms with Gasteiger partial charge in [0, 0.05) is 6.04 Å². The van der Waals surface area contributed by atoms with Crippen molar-refractivity contribution in [2.75, 3.05) is 18.2 Å². The summed E-state index contributed by atoms with van der Waals surface area (Å²) >= 11 is 0. The Hall–Kier alpha value is -1.45. The Labute approximate surface area is 109 Å². The fourth-order valence-electron chi connectivity index (χ4n) is 2.68. The van der Waals surface area contributed by atoms with Crippen LogP contribution in [0.15, 0.2) is 12.1 Å². The maximum atomic E-state index is 5.76. The number of aromatic nitrogens is 1. The van der Waals surface area contributed by atoms with Gasteiger partial charge in [-0.1, -0.05) is 19.3 Å². The minimum atomic E-state index is 0.450. The van der Waals surface area contributed by atoms with Crippen molar-refractivity contribution in [2.45, 2.75) is 45.1 Å². The number of nitrogens with two attached hydrogens (primary N) is 1. The van der Waals surface area contributed by atoms with Gasteiger partial charge >= 0.3 is 0 Å². The highest BCUT2D eigenvalue weighted by molar-refractivity contribution is 5.53. The quantitative estimate of drug-likeness (QED) is 0.861. The molecule has 4 nitrogen and oxygen atoms in total. The first kappa shape index (κ1) is 13.0. The Morgan fingerprint density at radius 2 is 2.06 bits per heavy atom. The zero-order valence-corrected chi connectivity index (χ0v) is 11.3. The van der Waals surface area contributed by atoms with Crippen LogP contribution >= 0.6 is 0 Å². The molecule has 1 aliphatic rings. The number of nitrogens with one attached hydrogen (secondary N) is 1. The van der Waals surface area contributed by atoms with Crippen LogP contribution in [0.1, 0.15) is 39.0 Å². The molecular formula is C14H23N3O. The lowest BCUT2D eigenvalue weighted by atomic mass is 9.84. The molecule has 0 radical (unpaired) electrons. The summed E-state index contributed by atoms with van der Waals surface area (Å²) in [5, 5.41) is 3.47. The first-order valence-corrected chi connectivity index (χ1v) is 6.77. The molecule has 4 heteroatoms. The predicted molar refractivity (Wildman–Crippen MR) is 74.9 cm³/mol. The van der Waals surface area contributed by atoms with Gasteiger partial charge in [-0.15, -0.1) is 0 Å². The smallest absolute Gasteiger partial charge is 0.238 e. The molecule has 100 valence electrons. The monoisotopic (exact) mass is 249 g/mol. The molecule has 1 fully saturated rings. The van der Waals surface area contributed by atoms with Gasteiger partial charge in [-0.3, -0.25) is 0 Å². The minimum absolute atomic E-state index is 0.450. The molecule has 3 N–H and O–H groups in total. The van der Waals surface area contributed by atoms with Crippen molar-refractivity contribution in [1.29, 1.82) is 0 Å². The van der Waals surface area contributed by atoms with E-state index >= 15 is 0 Å². The van der Waals surface area contributed by atoms with Crippen LogP contribution in [0.5, 0.6) is 5.88 Å². The molecule has 1 atom stereocenters. The molecule has 1 unspecified atom stereocenters. The number of ether oxygens (including phenoxy) is 1. The summed E-state index contributed by atoms with van der Waals surface area (Å²) in [7, 11) is 1.59. The second kappa shape index (κ2) is 5.94. The third-order valence-corrected chi connectivity index (χ3v) is 3.82. The lowest BCUT2D eigenvalue weighted by molar-refractivity contribution is 0.328. The van der Waals surface area contributed by atoms with E-state index < -0.39 is 0 Å². The van der Waals surface area contributed by atoms with E-state index in [0.717, 1.165) is 11.7 Å². The SMILES string of the molecule is COc1nc(NC(C)C2CCCCC2)ccc1N. The molecule has 0 amide bonds. The Morgan fingerprint density at radius 3 is 2.72 bits per heavy atom. The van der Waals surface area contributed by atoms with Gasteiger partial charge in [-0.25, -0.2) is 0 Å². The Bertz CT molecular complexity index is 389. The van der Waals surface area contributed by atoms with Gasteiger partial charge in [0.05, 0.1) is 12.8 Å². The van der Waals surface area contributed by atoms with E-state index in [4.69, 9.17) is 10.5 Å². The number of pyridine rings is 1. The topological polar surface area (TPSA) is 60.2 Å². The van der Waals surface area contributed by atoms with Crippen LogP contribution < -0.4 is 15.8 Å². The van der Waals surface area contributed by atoms with Gasteiger partial charge in [0.15, 0.2) is 0 Å². The number of nitrogen functional groups attached to an aromatic ring is 1. The molecule has 1 aromatic rings. The van der Waals surface area contributed by atoms with Crippen molar-refractivity contribution in [3.8, 4) is 5.88 Å². The summed E-state index contributed by atoms with van der Waals surface area (Å²) in [4.78, 5) is 4.37. The molecule has 0 aromatic carbocycles. The zero-order chi connectivity index (χ0) is 13.0. The van der Waals surface area contributed by atoms with Gasteiger partial charge in [-0.05, 0) is 37.8 Å². The van der Waals surface area contributed by atoms with Crippen molar-refractivity contribution < 1.29 is 4.74 Å². The molecule has 1 heterocycles. The number of rotatable bonds is 4. The van der Waals surface area contributed by atoms with E-state index in [1.54, 1.807) is 7.11 Å². The van der Waals surface area contributed by atoms with E-state index in [0.29, 0.717) is 17.6 Å². The van der Waals surface area contributed by atoms with Gasteiger partial charge < -0.3 is 15.8 Å². The van der Waals surface area contributed by atoms with E-state index in [-0.39, 0.29) is 0 Å². The van der Waals surface area contributed by atoms with Gasteiger partial charge in [0.1, 0.15) is 5.82 Å². The van der Waals surface area contributed by atoms with Crippen LogP contribution in [0.25, 0.3) is 0 Å². The number of nitrogens with zero attached hydrogens (tertiary/aromatic N) is 1. The van der Waals surface area contributed by atoms with E-state index in [9.17, 15) is 0 Å². The Morgan fingerprint density at radius 1 is 1.33 bits per heavy atom. The van der Waals surface area contributed by atoms with Crippen LogP contribution in [0.2, 0.25) is 0 Å². The van der Waals surface area contributed by atoms with Gasteiger partial charge in [0.25, 0.3) is 0 Å². The predicted octanol–water partition coefficient (Wildman–Crippen LogP) is 3.05. The molecule has 0 bridgehead atoms. The number of hydrogen-bond acceptors (Lipinski definition) is 4. The molecule has 18 heavy (non-hydrogen) atoms. The van der Waals surface area contributed by atoms with Crippen molar-refractivity contribution in [3.63, 3.8) is 0 Å². The number of anilines is 2. The van der Waals surface area contributed by atoms with Crippen LogP contribution in [-0.4, -0.2) is 18.1 Å². The molecule has 1 saturated carbocycles. The summed E-state index contributed by atoms with van der Waals surface area (Å²) in [6.45, 7) is 2.24. The second-order valence-electron chi connectivity index (χ2n) is 5.13. The number of methoxy groups -OCH3 is 1. The normalized spacial score (nSPS) is 18.3. The van der Waals surface area contributed by atoms with Crippen molar-refractivity contribution in [2.24, 2.45) is 5.92 Å². The van der Waals surface area contributed by atoms with E-state index in [2.05, 4.69) is 17.2 Å². The first-order chi connectivity index (χ1) is 8.70. The van der Waals surface area contributed by atoms with Crippen LogP contribution in [-0.2, 0) is 0 Å². The lowest BCUT2D eigenvalue weighted by Crippen LogP contribution is -2.28. The summed E-state index contributed by atoms with van der Waals surface area (Å²) in [5.74, 6) is 2.10. The van der Waals surface area contributed by atoms with Crippen LogP contribution in [0, 0.1) is 5.92 Å². The second-order valence-corrected chi connectivity index (χ2v) is 5.13. The number of hydrogen-bond donors (Lipinski definition) is 2. The molecule has 0 aliphatic heterocycles. The summed E-state index contributed by atoms with van der Waals surface area (Å²) in [5.41, 5.74) is 6.34. The molecule has 2 rings (SSSR count). The fraction of sp³-hybridized carbons (Fsp3) is 0.643. The van der Waals surface area contributed by atoms with E-state index in [1.165, 1.54) is 32.1 Å². The summed E-state index contributed by atoms with van der Waals surface area (Å²) in [6.07, 6.45) is 6.74. The summed E-state index contributed by atoms with van der Waals surface area (Å²) < 4.78 is 5.14. The first-order valence-electron chi connectivity index (χ1n) is 6.77. The minimum Gasteiger partial charge on any atom is -0.479 e. The molecule has 0 saturated heterocycles. The van der Waals surface area contributed by atoms with Crippen LogP contribution in [0.4, 0.5) is 11.5 Å². The highest BCUT2D eigenvalue weighted by atomic mass is 16.5. The molecule has 1 aromatic heterocycles. The molecule has 1 aliphatic carbocycles. The molecular weight excluding hydrogens is 226 g/mol. The zero-order valence-electron chi connectivity index (χ0n) is 11.3. The van der Waals surface area contributed by atoms with Crippen LogP contribution in [0.3, 0.4) is 0 Å². The third kappa shape index (κ3) is 3.06. The lowest BCUT2D eigenvalue weighted by Gasteiger charge is -2.28. The van der Waals surface area contributed by atoms with Gasteiger partial charge in [-0.2, -0.15) is 4.98 Å².